The van der Waals surface area contributed by atoms with E-state index in [9.17, 15) is 4.79 Å². The Morgan fingerprint density at radius 1 is 1.88 bits per heavy atom. The SMILES string of the molecule is CNC1C=CC(=O)O1. The summed E-state index contributed by atoms with van der Waals surface area (Å²) < 4.78 is 4.65. The predicted molar refractivity (Wildman–Crippen MR) is 28.1 cm³/mol. The van der Waals surface area contributed by atoms with Crippen LogP contribution in [0, 0.1) is 0 Å². The van der Waals surface area contributed by atoms with Gasteiger partial charge in [0, 0.05) is 6.08 Å². The van der Waals surface area contributed by atoms with E-state index in [1.54, 1.807) is 13.1 Å². The molecular weight excluding hydrogens is 106 g/mol. The van der Waals surface area contributed by atoms with E-state index < -0.39 is 0 Å². The molecular formula is C5H7NO2. The van der Waals surface area contributed by atoms with Crippen LogP contribution < -0.4 is 5.32 Å². The lowest BCUT2D eigenvalue weighted by Crippen LogP contribution is -2.23. The van der Waals surface area contributed by atoms with Gasteiger partial charge in [-0.3, -0.25) is 5.32 Å². The Hall–Kier alpha value is -0.830. The number of carbonyl (C=O) groups is 1. The molecule has 0 radical (unpaired) electrons. The summed E-state index contributed by atoms with van der Waals surface area (Å²) in [7, 11) is 1.73. The first-order chi connectivity index (χ1) is 3.83. The molecule has 44 valence electrons. The molecule has 0 amide bonds. The summed E-state index contributed by atoms with van der Waals surface area (Å²) >= 11 is 0. The quantitative estimate of drug-likeness (QED) is 0.472. The number of rotatable bonds is 1. The lowest BCUT2D eigenvalue weighted by molar-refractivity contribution is -0.139. The van der Waals surface area contributed by atoms with E-state index in [1.165, 1.54) is 6.08 Å². The monoisotopic (exact) mass is 113 g/mol. The molecule has 8 heavy (non-hydrogen) atoms. The number of likely N-dealkylation sites (N-methyl/N-ethyl adjacent to an activating group) is 1. The highest BCUT2D eigenvalue weighted by Gasteiger charge is 2.12. The number of hydrogen-bond acceptors (Lipinski definition) is 3. The first-order valence-corrected chi connectivity index (χ1v) is 2.39. The minimum atomic E-state index is -0.274. The van der Waals surface area contributed by atoms with Crippen LogP contribution in [0.25, 0.3) is 0 Å². The van der Waals surface area contributed by atoms with Crippen LogP contribution in [-0.2, 0) is 9.53 Å². The molecule has 0 fully saturated rings. The van der Waals surface area contributed by atoms with Crippen molar-refractivity contribution in [2.24, 2.45) is 0 Å². The van der Waals surface area contributed by atoms with Crippen LogP contribution in [0.5, 0.6) is 0 Å². The van der Waals surface area contributed by atoms with E-state index in [0.717, 1.165) is 0 Å². The minimum Gasteiger partial charge on any atom is -0.440 e. The first-order valence-electron chi connectivity index (χ1n) is 2.39. The van der Waals surface area contributed by atoms with Gasteiger partial charge >= 0.3 is 5.97 Å². The molecule has 1 atom stereocenters. The van der Waals surface area contributed by atoms with Crippen molar-refractivity contribution in [3.05, 3.63) is 12.2 Å². The maximum atomic E-state index is 10.3. The maximum absolute atomic E-state index is 10.3. The van der Waals surface area contributed by atoms with Crippen molar-refractivity contribution in [1.82, 2.24) is 5.32 Å². The van der Waals surface area contributed by atoms with Crippen LogP contribution in [-0.4, -0.2) is 19.2 Å². The average Bonchev–Trinajstić information content (AvgIpc) is 2.14. The molecule has 3 nitrogen and oxygen atoms in total. The smallest absolute Gasteiger partial charge is 0.332 e. The van der Waals surface area contributed by atoms with Gasteiger partial charge in [-0.1, -0.05) is 0 Å². The molecule has 1 aliphatic rings. The summed E-state index contributed by atoms with van der Waals surface area (Å²) in [5, 5.41) is 2.76. The summed E-state index contributed by atoms with van der Waals surface area (Å²) in [6.45, 7) is 0. The van der Waals surface area contributed by atoms with E-state index in [2.05, 4.69) is 10.1 Å². The van der Waals surface area contributed by atoms with Crippen molar-refractivity contribution < 1.29 is 9.53 Å². The van der Waals surface area contributed by atoms with Gasteiger partial charge in [0.25, 0.3) is 0 Å². The second-order valence-corrected chi connectivity index (χ2v) is 1.51. The molecule has 0 spiro atoms. The lowest BCUT2D eigenvalue weighted by atomic mass is 10.5. The van der Waals surface area contributed by atoms with Gasteiger partial charge in [-0.15, -0.1) is 0 Å². The van der Waals surface area contributed by atoms with Crippen molar-refractivity contribution >= 4 is 5.97 Å². The number of nitrogens with one attached hydrogen (secondary N) is 1. The van der Waals surface area contributed by atoms with Gasteiger partial charge in [-0.2, -0.15) is 0 Å². The van der Waals surface area contributed by atoms with Crippen LogP contribution in [0.3, 0.4) is 0 Å². The highest BCUT2D eigenvalue weighted by Crippen LogP contribution is 1.99. The second kappa shape index (κ2) is 1.96. The standard InChI is InChI=1S/C5H7NO2/c1-6-4-2-3-5(7)8-4/h2-4,6H,1H3. The fourth-order valence-electron chi connectivity index (χ4n) is 0.525. The van der Waals surface area contributed by atoms with Crippen LogP contribution >= 0.6 is 0 Å². The van der Waals surface area contributed by atoms with Gasteiger partial charge in [-0.25, -0.2) is 4.79 Å². The third kappa shape index (κ3) is 0.869. The van der Waals surface area contributed by atoms with Crippen LogP contribution in [0.1, 0.15) is 0 Å². The minimum absolute atomic E-state index is 0.206. The Labute approximate surface area is 47.3 Å². The lowest BCUT2D eigenvalue weighted by Gasteiger charge is -2.03. The molecule has 0 saturated heterocycles. The third-order valence-corrected chi connectivity index (χ3v) is 0.935. The highest BCUT2D eigenvalue weighted by atomic mass is 16.6. The number of carbonyl (C=O) groups excluding carboxylic acids is 1. The summed E-state index contributed by atoms with van der Waals surface area (Å²) in [4.78, 5) is 10.3. The number of ether oxygens (including phenoxy) is 1. The Bertz CT molecular complexity index is 130. The predicted octanol–water partition coefficient (Wildman–Crippen LogP) is -0.355. The number of esters is 1. The van der Waals surface area contributed by atoms with Gasteiger partial charge in [0.1, 0.15) is 0 Å². The summed E-state index contributed by atoms with van der Waals surface area (Å²) in [5.41, 5.74) is 0. The fraction of sp³-hybridized carbons (Fsp3) is 0.400. The third-order valence-electron chi connectivity index (χ3n) is 0.935. The second-order valence-electron chi connectivity index (χ2n) is 1.51. The van der Waals surface area contributed by atoms with Crippen molar-refractivity contribution in [2.45, 2.75) is 6.23 Å². The van der Waals surface area contributed by atoms with Crippen LogP contribution in [0.15, 0.2) is 12.2 Å². The van der Waals surface area contributed by atoms with E-state index in [1.807, 2.05) is 0 Å². The molecule has 1 N–H and O–H groups in total. The van der Waals surface area contributed by atoms with Crippen molar-refractivity contribution in [2.75, 3.05) is 7.05 Å². The Balaban J connectivity index is 2.46. The maximum Gasteiger partial charge on any atom is 0.332 e. The van der Waals surface area contributed by atoms with Crippen molar-refractivity contribution in [3.8, 4) is 0 Å². The van der Waals surface area contributed by atoms with Crippen LogP contribution in [0.2, 0.25) is 0 Å². The molecule has 0 aromatic rings. The topological polar surface area (TPSA) is 38.3 Å². The van der Waals surface area contributed by atoms with Gasteiger partial charge < -0.3 is 4.74 Å². The molecule has 1 unspecified atom stereocenters. The summed E-state index contributed by atoms with van der Waals surface area (Å²) in [6, 6.07) is 0. The van der Waals surface area contributed by atoms with Gasteiger partial charge in [-0.05, 0) is 13.1 Å². The van der Waals surface area contributed by atoms with Crippen LogP contribution in [0.4, 0.5) is 0 Å². The Morgan fingerprint density at radius 3 is 2.88 bits per heavy atom. The van der Waals surface area contributed by atoms with Crippen molar-refractivity contribution in [1.29, 1.82) is 0 Å². The zero-order chi connectivity index (χ0) is 5.98. The fourth-order valence-corrected chi connectivity index (χ4v) is 0.525. The Morgan fingerprint density at radius 2 is 2.62 bits per heavy atom. The molecule has 0 aliphatic carbocycles. The molecule has 1 aliphatic heterocycles. The molecule has 1 heterocycles. The average molecular weight is 113 g/mol. The molecule has 0 aromatic heterocycles. The largest absolute Gasteiger partial charge is 0.440 e. The molecule has 3 heteroatoms. The van der Waals surface area contributed by atoms with Crippen molar-refractivity contribution in [3.63, 3.8) is 0 Å². The molecule has 1 rings (SSSR count). The molecule has 0 aromatic carbocycles. The van der Waals surface area contributed by atoms with E-state index in [4.69, 9.17) is 0 Å². The molecule has 0 bridgehead atoms. The Kier molecular flexibility index (Phi) is 1.30. The zero-order valence-corrected chi connectivity index (χ0v) is 4.55. The number of hydrogen-bond donors (Lipinski definition) is 1. The zero-order valence-electron chi connectivity index (χ0n) is 4.55. The molecule has 0 saturated carbocycles. The van der Waals surface area contributed by atoms with E-state index >= 15 is 0 Å². The van der Waals surface area contributed by atoms with Gasteiger partial charge in [0.2, 0.25) is 0 Å². The first kappa shape index (κ1) is 5.31. The van der Waals surface area contributed by atoms with E-state index in [0.29, 0.717) is 0 Å². The number of cyclic esters (lactones) is 1. The summed E-state index contributed by atoms with van der Waals surface area (Å²) in [5.74, 6) is -0.274. The van der Waals surface area contributed by atoms with Gasteiger partial charge in [0.05, 0.1) is 0 Å². The highest BCUT2D eigenvalue weighted by molar-refractivity contribution is 5.84. The normalized spacial score (nSPS) is 26.1. The van der Waals surface area contributed by atoms with E-state index in [-0.39, 0.29) is 12.2 Å². The van der Waals surface area contributed by atoms with Gasteiger partial charge in [0.15, 0.2) is 6.23 Å². The summed E-state index contributed by atoms with van der Waals surface area (Å²) in [6.07, 6.45) is 2.87.